The van der Waals surface area contributed by atoms with Crippen molar-refractivity contribution in [3.63, 3.8) is 0 Å². The first-order valence-electron chi connectivity index (χ1n) is 8.16. The first-order valence-corrected chi connectivity index (χ1v) is 8.16. The maximum atomic E-state index is 11.5. The Morgan fingerprint density at radius 1 is 1.38 bits per heavy atom. The van der Waals surface area contributed by atoms with Crippen molar-refractivity contribution < 1.29 is 14.1 Å². The van der Waals surface area contributed by atoms with Crippen molar-refractivity contribution in [2.75, 3.05) is 19.7 Å². The first-order chi connectivity index (χ1) is 11.5. The lowest BCUT2D eigenvalue weighted by molar-refractivity contribution is -0.136. The number of hydrogen-bond acceptors (Lipinski definition) is 6. The lowest BCUT2D eigenvalue weighted by atomic mass is 10.1. The van der Waals surface area contributed by atoms with Gasteiger partial charge in [0.25, 0.3) is 0 Å². The average molecular weight is 330 g/mol. The molecule has 0 saturated carbocycles. The third kappa shape index (κ3) is 3.62. The third-order valence-corrected chi connectivity index (χ3v) is 4.32. The summed E-state index contributed by atoms with van der Waals surface area (Å²) in [6.07, 6.45) is 3.22. The molecular formula is C17H22N4O3. The molecule has 3 heterocycles. The minimum absolute atomic E-state index is 0.0557. The Morgan fingerprint density at radius 3 is 2.92 bits per heavy atom. The molecule has 0 bridgehead atoms. The van der Waals surface area contributed by atoms with Gasteiger partial charge in [-0.1, -0.05) is 5.16 Å². The van der Waals surface area contributed by atoms with E-state index in [0.717, 1.165) is 41.2 Å². The van der Waals surface area contributed by atoms with Crippen molar-refractivity contribution in [1.82, 2.24) is 20.0 Å². The van der Waals surface area contributed by atoms with Crippen molar-refractivity contribution in [3.05, 3.63) is 29.5 Å². The molecule has 3 rings (SSSR count). The predicted octanol–water partition coefficient (Wildman–Crippen LogP) is 1.93. The molecule has 1 amide bonds. The van der Waals surface area contributed by atoms with E-state index >= 15 is 0 Å². The minimum Gasteiger partial charge on any atom is -0.375 e. The zero-order valence-electron chi connectivity index (χ0n) is 14.3. The zero-order valence-corrected chi connectivity index (χ0v) is 14.3. The Labute approximate surface area is 141 Å². The van der Waals surface area contributed by atoms with E-state index in [1.807, 2.05) is 24.8 Å². The molecule has 0 aliphatic carbocycles. The van der Waals surface area contributed by atoms with Gasteiger partial charge in [0.1, 0.15) is 12.1 Å². The zero-order chi connectivity index (χ0) is 17.1. The predicted molar refractivity (Wildman–Crippen MR) is 87.3 cm³/mol. The van der Waals surface area contributed by atoms with E-state index in [4.69, 9.17) is 9.26 Å². The fourth-order valence-electron chi connectivity index (χ4n) is 3.01. The number of carbonyl (C=O) groups excluding carboxylic acids is 1. The number of nitrogens with zero attached hydrogens (tertiary/aromatic N) is 4. The summed E-state index contributed by atoms with van der Waals surface area (Å²) in [4.78, 5) is 22.0. The number of morpholine rings is 1. The molecule has 1 atom stereocenters. The molecule has 0 spiro atoms. The maximum absolute atomic E-state index is 11.5. The normalized spacial score (nSPS) is 18.0. The Balaban J connectivity index is 1.66. The largest absolute Gasteiger partial charge is 0.375 e. The Kier molecular flexibility index (Phi) is 4.89. The summed E-state index contributed by atoms with van der Waals surface area (Å²) in [5.74, 6) is 0.857. The second kappa shape index (κ2) is 7.09. The van der Waals surface area contributed by atoms with Crippen LogP contribution in [-0.2, 0) is 16.0 Å². The van der Waals surface area contributed by atoms with E-state index in [-0.39, 0.29) is 12.0 Å². The van der Waals surface area contributed by atoms with Crippen LogP contribution in [0.15, 0.2) is 16.9 Å². The fourth-order valence-corrected chi connectivity index (χ4v) is 3.01. The summed E-state index contributed by atoms with van der Waals surface area (Å²) in [5.41, 5.74) is 3.52. The van der Waals surface area contributed by atoms with E-state index in [0.29, 0.717) is 19.7 Å². The third-order valence-electron chi connectivity index (χ3n) is 4.32. The number of amides is 1. The van der Waals surface area contributed by atoms with Crippen LogP contribution in [-0.4, -0.2) is 51.7 Å². The lowest BCUT2D eigenvalue weighted by Crippen LogP contribution is -2.44. The number of hydrogen-bond donors (Lipinski definition) is 0. The molecule has 1 aliphatic rings. The lowest BCUT2D eigenvalue weighted by Gasteiger charge is -2.32. The smallest absolute Gasteiger partial charge is 0.219 e. The molecule has 0 N–H and O–H groups in total. The van der Waals surface area contributed by atoms with Crippen LogP contribution in [0.25, 0.3) is 11.3 Å². The van der Waals surface area contributed by atoms with Crippen molar-refractivity contribution >= 4 is 5.91 Å². The standard InChI is InChI=1S/C17H22N4O3/c1-11-17(12(2)24-20-11)16-8-14(18-10-19-16)4-5-15-9-21(13(3)22)6-7-23-15/h8,10,15H,4-7,9H2,1-3H3/t15-/m0/s1. The van der Waals surface area contributed by atoms with Crippen LogP contribution >= 0.6 is 0 Å². The van der Waals surface area contributed by atoms with Crippen LogP contribution < -0.4 is 0 Å². The molecule has 7 heteroatoms. The molecular weight excluding hydrogens is 308 g/mol. The Morgan fingerprint density at radius 2 is 2.21 bits per heavy atom. The van der Waals surface area contributed by atoms with Gasteiger partial charge < -0.3 is 14.2 Å². The summed E-state index contributed by atoms with van der Waals surface area (Å²) < 4.78 is 11.0. The van der Waals surface area contributed by atoms with Crippen LogP contribution in [0.2, 0.25) is 0 Å². The molecule has 0 unspecified atom stereocenters. The van der Waals surface area contributed by atoms with E-state index in [9.17, 15) is 4.79 Å². The van der Waals surface area contributed by atoms with Gasteiger partial charge in [-0.3, -0.25) is 4.79 Å². The van der Waals surface area contributed by atoms with E-state index in [2.05, 4.69) is 15.1 Å². The van der Waals surface area contributed by atoms with Gasteiger partial charge in [-0.15, -0.1) is 0 Å². The molecule has 128 valence electrons. The van der Waals surface area contributed by atoms with Gasteiger partial charge in [-0.2, -0.15) is 0 Å². The molecule has 7 nitrogen and oxygen atoms in total. The number of rotatable bonds is 4. The molecule has 0 radical (unpaired) electrons. The number of carbonyl (C=O) groups is 1. The van der Waals surface area contributed by atoms with Gasteiger partial charge in [0.05, 0.1) is 29.7 Å². The molecule has 0 aromatic carbocycles. The first kappa shape index (κ1) is 16.6. The molecule has 24 heavy (non-hydrogen) atoms. The van der Waals surface area contributed by atoms with Crippen LogP contribution in [0.5, 0.6) is 0 Å². The second-order valence-electron chi connectivity index (χ2n) is 6.09. The summed E-state index contributed by atoms with van der Waals surface area (Å²) in [7, 11) is 0. The van der Waals surface area contributed by atoms with Crippen molar-refractivity contribution in [1.29, 1.82) is 0 Å². The highest BCUT2D eigenvalue weighted by Crippen LogP contribution is 2.25. The van der Waals surface area contributed by atoms with Gasteiger partial charge in [-0.05, 0) is 32.8 Å². The molecule has 2 aromatic heterocycles. The molecule has 1 aliphatic heterocycles. The van der Waals surface area contributed by atoms with Gasteiger partial charge >= 0.3 is 0 Å². The Hall–Kier alpha value is -2.28. The van der Waals surface area contributed by atoms with E-state index < -0.39 is 0 Å². The van der Waals surface area contributed by atoms with Gasteiger partial charge in [0.15, 0.2) is 0 Å². The highest BCUT2D eigenvalue weighted by atomic mass is 16.5. The van der Waals surface area contributed by atoms with Crippen LogP contribution in [0.1, 0.15) is 30.5 Å². The van der Waals surface area contributed by atoms with Crippen LogP contribution in [0.4, 0.5) is 0 Å². The van der Waals surface area contributed by atoms with Gasteiger partial charge in [0.2, 0.25) is 5.91 Å². The van der Waals surface area contributed by atoms with Crippen LogP contribution in [0.3, 0.4) is 0 Å². The summed E-state index contributed by atoms with van der Waals surface area (Å²) in [6.45, 7) is 7.30. The van der Waals surface area contributed by atoms with Crippen molar-refractivity contribution in [3.8, 4) is 11.3 Å². The SMILES string of the molecule is CC(=O)N1CCO[C@@H](CCc2cc(-c3c(C)noc3C)ncn2)C1. The van der Waals surface area contributed by atoms with E-state index in [1.54, 1.807) is 13.3 Å². The van der Waals surface area contributed by atoms with E-state index in [1.165, 1.54) is 0 Å². The Bertz CT molecular complexity index is 709. The summed E-state index contributed by atoms with van der Waals surface area (Å²) in [5, 5.41) is 3.97. The van der Waals surface area contributed by atoms with Gasteiger partial charge in [-0.25, -0.2) is 9.97 Å². The topological polar surface area (TPSA) is 81.4 Å². The molecule has 2 aromatic rings. The quantitative estimate of drug-likeness (QED) is 0.852. The highest BCUT2D eigenvalue weighted by molar-refractivity contribution is 5.73. The maximum Gasteiger partial charge on any atom is 0.219 e. The minimum atomic E-state index is 0.0557. The van der Waals surface area contributed by atoms with Gasteiger partial charge in [0, 0.05) is 25.7 Å². The van der Waals surface area contributed by atoms with Crippen LogP contribution in [0, 0.1) is 13.8 Å². The molecule has 1 saturated heterocycles. The van der Waals surface area contributed by atoms with Crippen molar-refractivity contribution in [2.24, 2.45) is 0 Å². The highest BCUT2D eigenvalue weighted by Gasteiger charge is 2.22. The monoisotopic (exact) mass is 330 g/mol. The summed E-state index contributed by atoms with van der Waals surface area (Å²) in [6, 6.07) is 1.97. The number of aryl methyl sites for hydroxylation is 3. The average Bonchev–Trinajstić information content (AvgIpc) is 2.92. The fraction of sp³-hybridized carbons (Fsp3) is 0.529. The number of ether oxygens (including phenoxy) is 1. The number of aromatic nitrogens is 3. The second-order valence-corrected chi connectivity index (χ2v) is 6.09. The van der Waals surface area contributed by atoms with Crippen molar-refractivity contribution in [2.45, 2.75) is 39.7 Å². The molecule has 1 fully saturated rings. The summed E-state index contributed by atoms with van der Waals surface area (Å²) >= 11 is 0.